The molecule has 0 aromatic rings. The molecule has 1 fully saturated rings. The van der Waals surface area contributed by atoms with Crippen molar-refractivity contribution < 1.29 is 19.1 Å². The Bertz CT molecular complexity index is 501. The molecule has 5 heteroatoms. The lowest BCUT2D eigenvalue weighted by molar-refractivity contribution is -0.145. The predicted octanol–water partition coefficient (Wildman–Crippen LogP) is 3.26. The summed E-state index contributed by atoms with van der Waals surface area (Å²) in [5, 5.41) is 0. The van der Waals surface area contributed by atoms with Crippen LogP contribution in [0.15, 0.2) is 0 Å². The van der Waals surface area contributed by atoms with Gasteiger partial charge in [-0.15, -0.1) is 0 Å². The van der Waals surface area contributed by atoms with E-state index in [1.165, 1.54) is 0 Å². The fourth-order valence-electron chi connectivity index (χ4n) is 3.61. The number of rotatable bonds is 4. The quantitative estimate of drug-likeness (QED) is 0.345. The van der Waals surface area contributed by atoms with E-state index in [0.29, 0.717) is 16.6 Å². The normalized spacial score (nSPS) is 18.9. The predicted molar refractivity (Wildman–Crippen MR) is 87.7 cm³/mol. The molecule has 0 spiro atoms. The number of carbonyl (C=O) groups excluding carboxylic acids is 3. The molecule has 0 saturated heterocycles. The first-order valence-corrected chi connectivity index (χ1v) is 10.1. The van der Waals surface area contributed by atoms with Crippen molar-refractivity contribution in [2.75, 3.05) is 0 Å². The number of hydrogen-bond acceptors (Lipinski definition) is 4. The zero-order valence-corrected chi connectivity index (χ0v) is 15.4. The third-order valence-electron chi connectivity index (χ3n) is 4.76. The van der Waals surface area contributed by atoms with Gasteiger partial charge in [-0.1, -0.05) is 47.1 Å². The molecule has 1 atom stereocenters. The van der Waals surface area contributed by atoms with Crippen LogP contribution in [0.25, 0.3) is 0 Å². The average Bonchev–Trinajstić information content (AvgIpc) is 2.72. The summed E-state index contributed by atoms with van der Waals surface area (Å²) in [5.74, 6) is -2.18. The van der Waals surface area contributed by atoms with E-state index < -0.39 is 20.0 Å². The third-order valence-corrected chi connectivity index (χ3v) is 11.0. The van der Waals surface area contributed by atoms with E-state index in [0.717, 1.165) is 0 Å². The molecule has 1 rings (SSSR count). The second kappa shape index (κ2) is 7.23. The van der Waals surface area contributed by atoms with Crippen LogP contribution in [0.4, 0.5) is 0 Å². The molecule has 4 nitrogen and oxygen atoms in total. The van der Waals surface area contributed by atoms with E-state index >= 15 is 0 Å². The molecule has 122 valence electrons. The zero-order chi connectivity index (χ0) is 17.1. The van der Waals surface area contributed by atoms with Crippen LogP contribution >= 0.6 is 0 Å². The summed E-state index contributed by atoms with van der Waals surface area (Å²) < 4.78 is 5.01. The highest BCUT2D eigenvalue weighted by atomic mass is 28.3. The van der Waals surface area contributed by atoms with Gasteiger partial charge in [-0.3, -0.25) is 14.4 Å². The largest absolute Gasteiger partial charge is 0.372 e. The number of ketones is 2. The lowest BCUT2D eigenvalue weighted by Gasteiger charge is -2.37. The monoisotopic (exact) mass is 322 g/mol. The number of hydrogen-bond donors (Lipinski definition) is 0. The standard InChI is InChI=1S/C17H26O4Si/c1-11(2)22(12(3)4,13(5)6)8-7-21-17(20)15-9-14(18)10-16(15)19/h11-13,15H,9-10H2,1-6H3. The zero-order valence-electron chi connectivity index (χ0n) is 14.4. The maximum Gasteiger partial charge on any atom is 0.330 e. The summed E-state index contributed by atoms with van der Waals surface area (Å²) in [4.78, 5) is 34.7. The smallest absolute Gasteiger partial charge is 0.330 e. The fourth-order valence-corrected chi connectivity index (χ4v) is 8.71. The minimum atomic E-state index is -1.95. The van der Waals surface area contributed by atoms with Crippen molar-refractivity contribution in [2.24, 2.45) is 5.92 Å². The highest BCUT2D eigenvalue weighted by Gasteiger charge is 2.42. The third kappa shape index (κ3) is 3.67. The van der Waals surface area contributed by atoms with E-state index in [1.54, 1.807) is 0 Å². The average molecular weight is 322 g/mol. The van der Waals surface area contributed by atoms with Gasteiger partial charge < -0.3 is 4.74 Å². The van der Waals surface area contributed by atoms with Crippen molar-refractivity contribution >= 4 is 25.6 Å². The number of carbonyl (C=O) groups is 3. The highest BCUT2D eigenvalue weighted by Crippen LogP contribution is 2.40. The molecule has 0 heterocycles. The molecule has 0 amide bonds. The van der Waals surface area contributed by atoms with Gasteiger partial charge in [0.2, 0.25) is 0 Å². The number of ether oxygens (including phenoxy) is 1. The molecule has 1 aliphatic rings. The van der Waals surface area contributed by atoms with Crippen LogP contribution in [-0.2, 0) is 19.1 Å². The molecule has 0 aromatic heterocycles. The van der Waals surface area contributed by atoms with E-state index in [9.17, 15) is 14.4 Å². The van der Waals surface area contributed by atoms with Gasteiger partial charge in [-0.2, -0.15) is 0 Å². The van der Waals surface area contributed by atoms with Gasteiger partial charge in [-0.05, 0) is 16.6 Å². The van der Waals surface area contributed by atoms with E-state index in [2.05, 4.69) is 53.2 Å². The summed E-state index contributed by atoms with van der Waals surface area (Å²) in [6.45, 7) is 13.0. The van der Waals surface area contributed by atoms with Gasteiger partial charge in [0.05, 0.1) is 6.42 Å². The van der Waals surface area contributed by atoms with Crippen LogP contribution in [-0.4, -0.2) is 25.6 Å². The molecule has 22 heavy (non-hydrogen) atoms. The molecule has 1 aliphatic carbocycles. The van der Waals surface area contributed by atoms with Gasteiger partial charge >= 0.3 is 5.97 Å². The van der Waals surface area contributed by atoms with Crippen molar-refractivity contribution in [3.63, 3.8) is 0 Å². The molecule has 1 saturated carbocycles. The Balaban J connectivity index is 2.89. The molecule has 1 unspecified atom stereocenters. The molecular formula is C17H26O4Si. The fraction of sp³-hybridized carbons (Fsp3) is 0.706. The lowest BCUT2D eigenvalue weighted by atomic mass is 10.1. The van der Waals surface area contributed by atoms with Gasteiger partial charge in [0.1, 0.15) is 17.8 Å². The molecule has 0 bridgehead atoms. The summed E-state index contributed by atoms with van der Waals surface area (Å²) in [5.41, 5.74) is 4.58. The lowest BCUT2D eigenvalue weighted by Crippen LogP contribution is -2.43. The first-order valence-electron chi connectivity index (χ1n) is 7.90. The Hall–Kier alpha value is -1.41. The van der Waals surface area contributed by atoms with E-state index in [-0.39, 0.29) is 24.4 Å². The summed E-state index contributed by atoms with van der Waals surface area (Å²) in [6, 6.07) is 0. The van der Waals surface area contributed by atoms with Gasteiger partial charge in [0.25, 0.3) is 0 Å². The van der Waals surface area contributed by atoms with Crippen LogP contribution in [0.3, 0.4) is 0 Å². The van der Waals surface area contributed by atoms with Crippen LogP contribution in [0, 0.1) is 17.6 Å². The molecular weight excluding hydrogens is 296 g/mol. The van der Waals surface area contributed by atoms with Crippen molar-refractivity contribution in [2.45, 2.75) is 71.0 Å². The van der Waals surface area contributed by atoms with Crippen LogP contribution < -0.4 is 0 Å². The van der Waals surface area contributed by atoms with Crippen molar-refractivity contribution in [3.8, 4) is 11.7 Å². The number of Topliss-reactive ketones (excluding diaryl/α,β-unsaturated/α-hetero) is 2. The summed E-state index contributed by atoms with van der Waals surface area (Å²) >= 11 is 0. The summed E-state index contributed by atoms with van der Waals surface area (Å²) in [6.07, 6.45) is 2.38. The van der Waals surface area contributed by atoms with Crippen LogP contribution in [0.2, 0.25) is 16.6 Å². The molecule has 0 N–H and O–H groups in total. The number of esters is 1. The second-order valence-corrected chi connectivity index (χ2v) is 12.6. The van der Waals surface area contributed by atoms with Gasteiger partial charge in [-0.25, -0.2) is 0 Å². The van der Waals surface area contributed by atoms with Crippen molar-refractivity contribution in [1.29, 1.82) is 0 Å². The SMILES string of the molecule is CC(C)[Si](C#COC(=O)C1CC(=O)CC1=O)(C(C)C)C(C)C. The first-order chi connectivity index (χ1) is 10.1. The molecule has 0 aliphatic heterocycles. The topological polar surface area (TPSA) is 60.4 Å². The Labute approximate surface area is 134 Å². The highest BCUT2D eigenvalue weighted by molar-refractivity contribution is 6.90. The maximum absolute atomic E-state index is 11.9. The molecule has 0 radical (unpaired) electrons. The van der Waals surface area contributed by atoms with Crippen molar-refractivity contribution in [3.05, 3.63) is 0 Å². The Morgan fingerprint density at radius 1 is 1.09 bits per heavy atom. The van der Waals surface area contributed by atoms with Gasteiger partial charge in [0, 0.05) is 6.42 Å². The van der Waals surface area contributed by atoms with Crippen molar-refractivity contribution in [1.82, 2.24) is 0 Å². The van der Waals surface area contributed by atoms with E-state index in [4.69, 9.17) is 4.74 Å². The van der Waals surface area contributed by atoms with Crippen LogP contribution in [0.1, 0.15) is 54.4 Å². The second-order valence-electron chi connectivity index (χ2n) is 6.98. The Morgan fingerprint density at radius 2 is 1.59 bits per heavy atom. The summed E-state index contributed by atoms with van der Waals surface area (Å²) in [7, 11) is -1.95. The van der Waals surface area contributed by atoms with E-state index in [1.807, 2.05) is 0 Å². The molecule has 0 aromatic carbocycles. The minimum Gasteiger partial charge on any atom is -0.372 e. The van der Waals surface area contributed by atoms with Gasteiger partial charge in [0.15, 0.2) is 13.9 Å². The minimum absolute atomic E-state index is 0.0412. The maximum atomic E-state index is 11.9. The Morgan fingerprint density at radius 3 is 1.95 bits per heavy atom. The van der Waals surface area contributed by atoms with Crippen LogP contribution in [0.5, 0.6) is 0 Å². The first kappa shape index (κ1) is 18.6. The Kier molecular flexibility index (Phi) is 6.13.